The summed E-state index contributed by atoms with van der Waals surface area (Å²) in [5.74, 6) is -0.377. The van der Waals surface area contributed by atoms with Crippen molar-refractivity contribution in [2.75, 3.05) is 32.7 Å². The fourth-order valence-electron chi connectivity index (χ4n) is 2.83. The van der Waals surface area contributed by atoms with Gasteiger partial charge >= 0.3 is 6.03 Å². The molecule has 0 saturated carbocycles. The van der Waals surface area contributed by atoms with Crippen LogP contribution < -0.4 is 15.5 Å². The molecule has 1 aliphatic rings. The average Bonchev–Trinajstić information content (AvgIpc) is 2.54. The monoisotopic (exact) mass is 383 g/mol. The zero-order chi connectivity index (χ0) is 19.2. The zero-order valence-corrected chi connectivity index (χ0v) is 16.0. The molecule has 0 spiro atoms. The number of sulfonamides is 1. The van der Waals surface area contributed by atoms with Gasteiger partial charge in [-0.3, -0.25) is 10.1 Å². The number of hydrogen-bond acceptors (Lipinski definition) is 4. The molecule has 144 valence electrons. The second-order valence-electron chi connectivity index (χ2n) is 6.74. The first kappa shape index (κ1) is 20.3. The van der Waals surface area contributed by atoms with Gasteiger partial charge in [0.05, 0.1) is 31.9 Å². The van der Waals surface area contributed by atoms with Crippen LogP contribution in [0.25, 0.3) is 0 Å². The fourth-order valence-corrected chi connectivity index (χ4v) is 4.36. The van der Waals surface area contributed by atoms with Gasteiger partial charge in [0.25, 0.3) is 5.91 Å². The Balaban J connectivity index is 1.79. The van der Waals surface area contributed by atoms with Crippen LogP contribution in [0.2, 0.25) is 0 Å². The summed E-state index contributed by atoms with van der Waals surface area (Å²) in [6.07, 6.45) is 0. The van der Waals surface area contributed by atoms with Gasteiger partial charge in [-0.1, -0.05) is 30.3 Å². The molecule has 0 aromatic heterocycles. The van der Waals surface area contributed by atoms with Gasteiger partial charge in [0.1, 0.15) is 0 Å². The molecule has 1 fully saturated rings. The van der Waals surface area contributed by atoms with Crippen LogP contribution in [0.1, 0.15) is 19.4 Å². The summed E-state index contributed by atoms with van der Waals surface area (Å²) in [4.78, 5) is 24.4. The summed E-state index contributed by atoms with van der Waals surface area (Å²) in [6, 6.07) is 8.53. The summed E-state index contributed by atoms with van der Waals surface area (Å²) >= 11 is 0. The number of benzene rings is 1. The second-order valence-corrected chi connectivity index (χ2v) is 8.71. The minimum Gasteiger partial charge on any atom is -0.336 e. The van der Waals surface area contributed by atoms with E-state index >= 15 is 0 Å². The first-order chi connectivity index (χ1) is 12.3. The Labute approximate surface area is 154 Å². The molecule has 1 aliphatic heterocycles. The number of rotatable bonds is 6. The number of amides is 3. The largest absolute Gasteiger partial charge is 0.336 e. The van der Waals surface area contributed by atoms with Crippen molar-refractivity contribution in [1.29, 1.82) is 0 Å². The smallest absolute Gasteiger partial charge is 0.321 e. The standard InChI is InChI=1S/C17H26N4O4S/c1-14(2)18-17(23)19-16(22)12-20-8-10-21(11-9-20)26(24,25)13-15-6-4-3-5-7-15/h3-7,14H,8-13H2,1-2H3,(H2,18,19,22,23)/p+1. The van der Waals surface area contributed by atoms with Crippen LogP contribution in [0.3, 0.4) is 0 Å². The van der Waals surface area contributed by atoms with Crippen molar-refractivity contribution in [3.63, 3.8) is 0 Å². The highest BCUT2D eigenvalue weighted by Gasteiger charge is 2.30. The molecule has 1 aromatic rings. The molecular formula is C17H27N4O4S+. The normalized spacial score (nSPS) is 16.4. The number of carbonyl (C=O) groups is 2. The number of carbonyl (C=O) groups excluding carboxylic acids is 2. The van der Waals surface area contributed by atoms with Crippen molar-refractivity contribution in [2.24, 2.45) is 0 Å². The quantitative estimate of drug-likeness (QED) is 0.584. The number of nitrogens with one attached hydrogen (secondary N) is 3. The van der Waals surface area contributed by atoms with E-state index in [1.165, 1.54) is 4.31 Å². The SMILES string of the molecule is CC(C)NC(=O)NC(=O)C[NH+]1CCN(S(=O)(=O)Cc2ccccc2)CC1. The molecule has 0 aliphatic carbocycles. The Hall–Kier alpha value is -1.97. The van der Waals surface area contributed by atoms with Crippen LogP contribution in [0.15, 0.2) is 30.3 Å². The maximum atomic E-state index is 12.5. The maximum Gasteiger partial charge on any atom is 0.321 e. The lowest BCUT2D eigenvalue weighted by Gasteiger charge is -2.31. The van der Waals surface area contributed by atoms with Crippen LogP contribution >= 0.6 is 0 Å². The Bertz CT molecular complexity index is 714. The zero-order valence-electron chi connectivity index (χ0n) is 15.2. The summed E-state index contributed by atoms with van der Waals surface area (Å²) in [5, 5.41) is 4.88. The number of piperazine rings is 1. The molecule has 0 bridgehead atoms. The molecule has 9 heteroatoms. The van der Waals surface area contributed by atoms with Crippen LogP contribution in [-0.4, -0.2) is 63.4 Å². The third-order valence-electron chi connectivity index (χ3n) is 4.10. The molecule has 1 saturated heterocycles. The van der Waals surface area contributed by atoms with E-state index in [0.717, 1.165) is 10.5 Å². The van der Waals surface area contributed by atoms with Gasteiger partial charge < -0.3 is 10.2 Å². The molecule has 3 amide bonds. The fraction of sp³-hybridized carbons (Fsp3) is 0.529. The van der Waals surface area contributed by atoms with E-state index in [0.29, 0.717) is 26.2 Å². The minimum absolute atomic E-state index is 0.0148. The second kappa shape index (κ2) is 9.11. The topological polar surface area (TPSA) is 100 Å². The van der Waals surface area contributed by atoms with E-state index in [4.69, 9.17) is 0 Å². The van der Waals surface area contributed by atoms with Crippen molar-refractivity contribution in [1.82, 2.24) is 14.9 Å². The molecule has 0 atom stereocenters. The van der Waals surface area contributed by atoms with Crippen LogP contribution in [-0.2, 0) is 20.6 Å². The van der Waals surface area contributed by atoms with E-state index in [9.17, 15) is 18.0 Å². The molecule has 0 radical (unpaired) electrons. The van der Waals surface area contributed by atoms with Crippen molar-refractivity contribution in [2.45, 2.75) is 25.6 Å². The average molecular weight is 383 g/mol. The highest BCUT2D eigenvalue weighted by Crippen LogP contribution is 2.10. The highest BCUT2D eigenvalue weighted by molar-refractivity contribution is 7.88. The molecule has 1 heterocycles. The molecule has 8 nitrogen and oxygen atoms in total. The number of imide groups is 1. The lowest BCUT2D eigenvalue weighted by Crippen LogP contribution is -3.15. The summed E-state index contributed by atoms with van der Waals surface area (Å²) < 4.78 is 26.5. The van der Waals surface area contributed by atoms with Gasteiger partial charge in [0.15, 0.2) is 6.54 Å². The predicted molar refractivity (Wildman–Crippen MR) is 98.0 cm³/mol. The van der Waals surface area contributed by atoms with Gasteiger partial charge in [0, 0.05) is 6.04 Å². The van der Waals surface area contributed by atoms with Gasteiger partial charge in [-0.15, -0.1) is 0 Å². The van der Waals surface area contributed by atoms with Crippen molar-refractivity contribution >= 4 is 22.0 Å². The molecular weight excluding hydrogens is 356 g/mol. The molecule has 3 N–H and O–H groups in total. The summed E-state index contributed by atoms with van der Waals surface area (Å²) in [5.41, 5.74) is 0.762. The number of hydrogen-bond donors (Lipinski definition) is 3. The molecule has 26 heavy (non-hydrogen) atoms. The van der Waals surface area contributed by atoms with Gasteiger partial charge in [-0.05, 0) is 19.4 Å². The molecule has 1 aromatic carbocycles. The van der Waals surface area contributed by atoms with Crippen LogP contribution in [0.5, 0.6) is 0 Å². The molecule has 0 unspecified atom stereocenters. The summed E-state index contributed by atoms with van der Waals surface area (Å²) in [6.45, 7) is 5.58. The van der Waals surface area contributed by atoms with E-state index in [1.807, 2.05) is 32.0 Å². The van der Waals surface area contributed by atoms with Gasteiger partial charge in [-0.2, -0.15) is 4.31 Å². The van der Waals surface area contributed by atoms with E-state index in [1.54, 1.807) is 12.1 Å². The third kappa shape index (κ3) is 6.40. The lowest BCUT2D eigenvalue weighted by atomic mass is 10.2. The van der Waals surface area contributed by atoms with Crippen molar-refractivity contribution in [3.05, 3.63) is 35.9 Å². The Morgan fingerprint density at radius 3 is 2.35 bits per heavy atom. The molecule has 2 rings (SSSR count). The van der Waals surface area contributed by atoms with E-state index < -0.39 is 16.1 Å². The number of urea groups is 1. The van der Waals surface area contributed by atoms with E-state index in [-0.39, 0.29) is 24.2 Å². The minimum atomic E-state index is -3.37. The van der Waals surface area contributed by atoms with Crippen LogP contribution in [0, 0.1) is 0 Å². The maximum absolute atomic E-state index is 12.5. The van der Waals surface area contributed by atoms with Crippen molar-refractivity contribution in [3.8, 4) is 0 Å². The Kier molecular flexibility index (Phi) is 7.13. The number of quaternary nitrogens is 1. The van der Waals surface area contributed by atoms with Gasteiger partial charge in [-0.25, -0.2) is 13.2 Å². The van der Waals surface area contributed by atoms with Crippen LogP contribution in [0.4, 0.5) is 4.79 Å². The van der Waals surface area contributed by atoms with Crippen molar-refractivity contribution < 1.29 is 22.9 Å². The highest BCUT2D eigenvalue weighted by atomic mass is 32.2. The summed E-state index contributed by atoms with van der Waals surface area (Å²) in [7, 11) is -3.37. The Morgan fingerprint density at radius 1 is 1.15 bits per heavy atom. The van der Waals surface area contributed by atoms with E-state index in [2.05, 4.69) is 10.6 Å². The Morgan fingerprint density at radius 2 is 1.77 bits per heavy atom. The van der Waals surface area contributed by atoms with Gasteiger partial charge in [0.2, 0.25) is 10.0 Å². The number of nitrogens with zero attached hydrogens (tertiary/aromatic N) is 1. The lowest BCUT2D eigenvalue weighted by molar-refractivity contribution is -0.895. The first-order valence-corrected chi connectivity index (χ1v) is 10.3. The first-order valence-electron chi connectivity index (χ1n) is 8.72. The predicted octanol–water partition coefficient (Wildman–Crippen LogP) is -1.05. The third-order valence-corrected chi connectivity index (χ3v) is 5.95.